The topological polar surface area (TPSA) is 15.7 Å². The maximum absolute atomic E-state index is 6.06. The van der Waals surface area contributed by atoms with Gasteiger partial charge in [0.1, 0.15) is 0 Å². The highest BCUT2D eigenvalue weighted by Gasteiger charge is 2.41. The van der Waals surface area contributed by atoms with Crippen molar-refractivity contribution in [1.82, 2.24) is 9.80 Å². The highest BCUT2D eigenvalue weighted by atomic mass is 16.5. The Morgan fingerprint density at radius 3 is 2.74 bits per heavy atom. The molecule has 0 radical (unpaired) electrons. The number of hydrogen-bond donors (Lipinski definition) is 0. The number of fused-ring (bicyclic) bond motifs is 1. The first-order valence-corrected chi connectivity index (χ1v) is 9.37. The van der Waals surface area contributed by atoms with E-state index in [-0.39, 0.29) is 0 Å². The van der Waals surface area contributed by atoms with Crippen molar-refractivity contribution in [3.8, 4) is 0 Å². The maximum Gasteiger partial charge on any atom is 0.0626 e. The second-order valence-electron chi connectivity index (χ2n) is 7.82. The molecule has 2 aliphatic heterocycles. The summed E-state index contributed by atoms with van der Waals surface area (Å²) in [5, 5.41) is 0. The minimum absolute atomic E-state index is 0.601. The molecular formula is C20H30N2O. The lowest BCUT2D eigenvalue weighted by Crippen LogP contribution is -2.59. The van der Waals surface area contributed by atoms with Crippen LogP contribution in [0.1, 0.15) is 31.2 Å². The van der Waals surface area contributed by atoms with E-state index in [0.29, 0.717) is 12.1 Å². The third-order valence-electron chi connectivity index (χ3n) is 6.06. The molecule has 1 aromatic rings. The summed E-state index contributed by atoms with van der Waals surface area (Å²) < 4.78 is 6.06. The number of likely N-dealkylation sites (tertiary alicyclic amines) is 1. The smallest absolute Gasteiger partial charge is 0.0626 e. The highest BCUT2D eigenvalue weighted by molar-refractivity contribution is 5.15. The molecule has 0 bridgehead atoms. The standard InChI is InChI=1S/C20H30N2O/c1-21(12-17-9-10-17)19-14-23-15-20-18(19)8-5-11-22(20)13-16-6-3-2-4-7-16/h2-4,6-7,17-20H,5,8-15H2,1H3/t18-,19+,20-/m1/s1. The summed E-state index contributed by atoms with van der Waals surface area (Å²) in [4.78, 5) is 5.29. The molecule has 1 aliphatic carbocycles. The summed E-state index contributed by atoms with van der Waals surface area (Å²) in [6, 6.07) is 12.1. The molecule has 2 heterocycles. The quantitative estimate of drug-likeness (QED) is 0.831. The summed E-state index contributed by atoms with van der Waals surface area (Å²) >= 11 is 0. The van der Waals surface area contributed by atoms with Crippen molar-refractivity contribution in [2.45, 2.75) is 44.3 Å². The van der Waals surface area contributed by atoms with Gasteiger partial charge >= 0.3 is 0 Å². The van der Waals surface area contributed by atoms with Crippen molar-refractivity contribution >= 4 is 0 Å². The minimum atomic E-state index is 0.601. The molecule has 0 unspecified atom stereocenters. The molecule has 3 aliphatic rings. The van der Waals surface area contributed by atoms with Gasteiger partial charge in [-0.3, -0.25) is 4.90 Å². The number of benzene rings is 1. The van der Waals surface area contributed by atoms with Gasteiger partial charge in [0, 0.05) is 25.2 Å². The lowest BCUT2D eigenvalue weighted by Gasteiger charge is -2.49. The Morgan fingerprint density at radius 1 is 1.13 bits per heavy atom. The van der Waals surface area contributed by atoms with Crippen molar-refractivity contribution in [2.75, 3.05) is 33.4 Å². The zero-order valence-electron chi connectivity index (χ0n) is 14.4. The Labute approximate surface area is 140 Å². The largest absolute Gasteiger partial charge is 0.378 e. The molecule has 0 spiro atoms. The SMILES string of the molecule is CN(CC1CC1)[C@H]1COC[C@@H]2[C@@H]1CCCN2Cc1ccccc1. The van der Waals surface area contributed by atoms with Gasteiger partial charge in [0.2, 0.25) is 0 Å². The van der Waals surface area contributed by atoms with Crippen LogP contribution in [0, 0.1) is 11.8 Å². The summed E-state index contributed by atoms with van der Waals surface area (Å²) in [6.07, 6.45) is 5.58. The first kappa shape index (κ1) is 15.6. The van der Waals surface area contributed by atoms with Gasteiger partial charge in [-0.1, -0.05) is 30.3 Å². The molecule has 3 fully saturated rings. The number of ether oxygens (including phenoxy) is 1. The van der Waals surface area contributed by atoms with E-state index in [9.17, 15) is 0 Å². The number of hydrogen-bond acceptors (Lipinski definition) is 3. The van der Waals surface area contributed by atoms with Crippen LogP contribution < -0.4 is 0 Å². The fourth-order valence-electron chi connectivity index (χ4n) is 4.58. The third kappa shape index (κ3) is 3.62. The minimum Gasteiger partial charge on any atom is -0.378 e. The van der Waals surface area contributed by atoms with Crippen molar-refractivity contribution in [3.05, 3.63) is 35.9 Å². The number of rotatable bonds is 5. The average Bonchev–Trinajstić information content (AvgIpc) is 3.39. The molecule has 0 amide bonds. The Balaban J connectivity index is 1.44. The van der Waals surface area contributed by atoms with Crippen LogP contribution in [0.4, 0.5) is 0 Å². The molecule has 4 rings (SSSR count). The van der Waals surface area contributed by atoms with Crippen LogP contribution in [0.25, 0.3) is 0 Å². The predicted molar refractivity (Wildman–Crippen MR) is 93.3 cm³/mol. The second kappa shape index (κ2) is 6.92. The molecule has 2 saturated heterocycles. The maximum atomic E-state index is 6.06. The Hall–Kier alpha value is -0.900. The summed E-state index contributed by atoms with van der Waals surface area (Å²) in [6.45, 7) is 5.42. The van der Waals surface area contributed by atoms with E-state index in [0.717, 1.165) is 31.6 Å². The molecule has 1 aromatic carbocycles. The van der Waals surface area contributed by atoms with Crippen LogP contribution in [-0.4, -0.2) is 55.2 Å². The zero-order chi connectivity index (χ0) is 15.6. The summed E-state index contributed by atoms with van der Waals surface area (Å²) in [5.74, 6) is 1.74. The van der Waals surface area contributed by atoms with Gasteiger partial charge in [-0.15, -0.1) is 0 Å². The van der Waals surface area contributed by atoms with Crippen molar-refractivity contribution in [3.63, 3.8) is 0 Å². The van der Waals surface area contributed by atoms with E-state index in [1.54, 1.807) is 0 Å². The van der Waals surface area contributed by atoms with Crippen LogP contribution in [-0.2, 0) is 11.3 Å². The van der Waals surface area contributed by atoms with Gasteiger partial charge in [0.05, 0.1) is 13.2 Å². The average molecular weight is 314 g/mol. The van der Waals surface area contributed by atoms with E-state index in [4.69, 9.17) is 4.74 Å². The monoisotopic (exact) mass is 314 g/mol. The third-order valence-corrected chi connectivity index (χ3v) is 6.06. The van der Waals surface area contributed by atoms with Gasteiger partial charge < -0.3 is 9.64 Å². The first-order valence-electron chi connectivity index (χ1n) is 9.37. The number of likely N-dealkylation sites (N-methyl/N-ethyl adjacent to an activating group) is 1. The van der Waals surface area contributed by atoms with Gasteiger partial charge in [0.15, 0.2) is 0 Å². The molecule has 3 nitrogen and oxygen atoms in total. The molecule has 23 heavy (non-hydrogen) atoms. The van der Waals surface area contributed by atoms with Crippen molar-refractivity contribution in [2.24, 2.45) is 11.8 Å². The fraction of sp³-hybridized carbons (Fsp3) is 0.700. The van der Waals surface area contributed by atoms with E-state index in [2.05, 4.69) is 47.2 Å². The Morgan fingerprint density at radius 2 is 1.96 bits per heavy atom. The number of piperidine rings is 1. The first-order chi connectivity index (χ1) is 11.3. The van der Waals surface area contributed by atoms with Crippen LogP contribution in [0.5, 0.6) is 0 Å². The summed E-state index contributed by atoms with van der Waals surface area (Å²) in [5.41, 5.74) is 1.43. The van der Waals surface area contributed by atoms with E-state index in [1.807, 2.05) is 0 Å². The predicted octanol–water partition coefficient (Wildman–Crippen LogP) is 3.01. The summed E-state index contributed by atoms with van der Waals surface area (Å²) in [7, 11) is 2.32. The van der Waals surface area contributed by atoms with Crippen LogP contribution in [0.2, 0.25) is 0 Å². The number of nitrogens with zero attached hydrogens (tertiary/aromatic N) is 2. The van der Waals surface area contributed by atoms with E-state index < -0.39 is 0 Å². The van der Waals surface area contributed by atoms with E-state index >= 15 is 0 Å². The second-order valence-corrected chi connectivity index (χ2v) is 7.82. The molecule has 3 atom stereocenters. The van der Waals surface area contributed by atoms with E-state index in [1.165, 1.54) is 44.3 Å². The van der Waals surface area contributed by atoms with Gasteiger partial charge in [-0.05, 0) is 56.7 Å². The normalized spacial score (nSPS) is 32.0. The molecule has 0 N–H and O–H groups in total. The Kier molecular flexibility index (Phi) is 4.70. The van der Waals surface area contributed by atoms with Crippen molar-refractivity contribution < 1.29 is 4.74 Å². The molecule has 126 valence electrons. The molecular weight excluding hydrogens is 284 g/mol. The highest BCUT2D eigenvalue weighted by Crippen LogP contribution is 2.35. The molecule has 3 heteroatoms. The lowest BCUT2D eigenvalue weighted by atomic mass is 9.81. The van der Waals surface area contributed by atoms with Crippen LogP contribution >= 0.6 is 0 Å². The molecule has 1 saturated carbocycles. The zero-order valence-corrected chi connectivity index (χ0v) is 14.4. The van der Waals surface area contributed by atoms with Gasteiger partial charge in [-0.25, -0.2) is 0 Å². The lowest BCUT2D eigenvalue weighted by molar-refractivity contribution is -0.0895. The Bertz CT molecular complexity index is 502. The van der Waals surface area contributed by atoms with Crippen LogP contribution in [0.15, 0.2) is 30.3 Å². The van der Waals surface area contributed by atoms with Gasteiger partial charge in [0.25, 0.3) is 0 Å². The fourth-order valence-corrected chi connectivity index (χ4v) is 4.58. The van der Waals surface area contributed by atoms with Crippen LogP contribution in [0.3, 0.4) is 0 Å². The van der Waals surface area contributed by atoms with Gasteiger partial charge in [-0.2, -0.15) is 0 Å². The molecule has 0 aromatic heterocycles. The van der Waals surface area contributed by atoms with Crippen molar-refractivity contribution in [1.29, 1.82) is 0 Å².